The van der Waals surface area contributed by atoms with Gasteiger partial charge in [0.2, 0.25) is 0 Å². The number of rotatable bonds is 9. The van der Waals surface area contributed by atoms with E-state index in [1.54, 1.807) is 24.3 Å². The third-order valence-electron chi connectivity index (χ3n) is 5.07. The van der Waals surface area contributed by atoms with Gasteiger partial charge in [-0.25, -0.2) is 5.43 Å². The normalized spacial score (nSPS) is 10.9. The van der Waals surface area contributed by atoms with Crippen LogP contribution in [0.1, 0.15) is 21.7 Å². The predicted molar refractivity (Wildman–Crippen MR) is 128 cm³/mol. The number of benzene rings is 3. The molecule has 0 aliphatic heterocycles. The van der Waals surface area contributed by atoms with Crippen LogP contribution in [-0.4, -0.2) is 31.3 Å². The third kappa shape index (κ3) is 5.22. The maximum atomic E-state index is 12.5. The molecule has 1 N–H and O–H groups in total. The maximum Gasteiger partial charge on any atom is 0.307 e. The van der Waals surface area contributed by atoms with Crippen LogP contribution in [0.3, 0.4) is 0 Å². The Hall–Kier alpha value is -4.86. The van der Waals surface area contributed by atoms with E-state index in [-0.39, 0.29) is 35.1 Å². The second-order valence-corrected chi connectivity index (χ2v) is 7.28. The van der Waals surface area contributed by atoms with Gasteiger partial charge in [-0.15, -0.1) is 0 Å². The fraction of sp³-hybridized carbons (Fsp3) is 0.120. The van der Waals surface area contributed by atoms with E-state index in [1.165, 1.54) is 26.4 Å². The first-order chi connectivity index (χ1) is 17.0. The van der Waals surface area contributed by atoms with Crippen LogP contribution in [0.2, 0.25) is 0 Å². The summed E-state index contributed by atoms with van der Waals surface area (Å²) in [6.07, 6.45) is 1.16. The van der Waals surface area contributed by atoms with Crippen LogP contribution in [0.5, 0.6) is 17.2 Å². The number of nitrogens with one attached hydrogen (secondary N) is 1. The Morgan fingerprint density at radius 1 is 1.03 bits per heavy atom. The lowest BCUT2D eigenvalue weighted by Crippen LogP contribution is -2.16. The Morgan fingerprint density at radius 3 is 2.51 bits per heavy atom. The second-order valence-electron chi connectivity index (χ2n) is 7.28. The van der Waals surface area contributed by atoms with Crippen LogP contribution in [0.25, 0.3) is 11.0 Å². The van der Waals surface area contributed by atoms with Gasteiger partial charge >= 0.3 is 5.91 Å². The van der Waals surface area contributed by atoms with Gasteiger partial charge < -0.3 is 18.6 Å². The van der Waals surface area contributed by atoms with Gasteiger partial charge in [0.1, 0.15) is 6.61 Å². The smallest absolute Gasteiger partial charge is 0.307 e. The van der Waals surface area contributed by atoms with E-state index in [4.69, 9.17) is 18.6 Å². The van der Waals surface area contributed by atoms with Crippen LogP contribution in [0.4, 0.5) is 5.69 Å². The molecule has 0 fully saturated rings. The Labute approximate surface area is 199 Å². The lowest BCUT2D eigenvalue weighted by atomic mass is 10.1. The molecule has 0 bridgehead atoms. The quantitative estimate of drug-likeness (QED) is 0.211. The van der Waals surface area contributed by atoms with Crippen molar-refractivity contribution in [3.05, 3.63) is 93.7 Å². The number of para-hydroxylation sites is 1. The highest BCUT2D eigenvalue weighted by atomic mass is 16.6. The fourth-order valence-electron chi connectivity index (χ4n) is 3.36. The predicted octanol–water partition coefficient (Wildman–Crippen LogP) is 4.70. The summed E-state index contributed by atoms with van der Waals surface area (Å²) in [5.74, 6) is 0.363. The van der Waals surface area contributed by atoms with Crippen molar-refractivity contribution < 1.29 is 28.3 Å². The van der Waals surface area contributed by atoms with Gasteiger partial charge in [-0.3, -0.25) is 14.9 Å². The number of hydrogen-bond acceptors (Lipinski definition) is 8. The molecule has 178 valence electrons. The number of furan rings is 1. The van der Waals surface area contributed by atoms with Gasteiger partial charge in [0.15, 0.2) is 28.6 Å². The topological polar surface area (TPSA) is 125 Å². The highest BCUT2D eigenvalue weighted by molar-refractivity contribution is 5.98. The summed E-state index contributed by atoms with van der Waals surface area (Å²) < 4.78 is 21.9. The average molecular weight is 475 g/mol. The molecule has 4 rings (SSSR count). The van der Waals surface area contributed by atoms with E-state index in [2.05, 4.69) is 10.5 Å². The highest BCUT2D eigenvalue weighted by Gasteiger charge is 2.20. The molecule has 0 atom stereocenters. The summed E-state index contributed by atoms with van der Waals surface area (Å²) in [7, 11) is 2.93. The number of nitrogens with zero attached hydrogens (tertiary/aromatic N) is 2. The van der Waals surface area contributed by atoms with Gasteiger partial charge in [0, 0.05) is 5.39 Å². The van der Waals surface area contributed by atoms with E-state index < -0.39 is 10.8 Å². The summed E-state index contributed by atoms with van der Waals surface area (Å²) in [5.41, 5.74) is 3.49. The van der Waals surface area contributed by atoms with Crippen molar-refractivity contribution in [2.45, 2.75) is 6.61 Å². The summed E-state index contributed by atoms with van der Waals surface area (Å²) in [4.78, 5) is 23.6. The number of fused-ring (bicyclic) bond motifs is 1. The first kappa shape index (κ1) is 23.3. The molecule has 0 spiro atoms. The van der Waals surface area contributed by atoms with Crippen molar-refractivity contribution in [2.24, 2.45) is 5.10 Å². The van der Waals surface area contributed by atoms with Gasteiger partial charge in [-0.2, -0.15) is 5.10 Å². The molecule has 35 heavy (non-hydrogen) atoms. The van der Waals surface area contributed by atoms with Gasteiger partial charge in [-0.05, 0) is 23.8 Å². The van der Waals surface area contributed by atoms with Gasteiger partial charge in [-0.1, -0.05) is 42.5 Å². The zero-order valence-electron chi connectivity index (χ0n) is 18.9. The second kappa shape index (κ2) is 10.4. The highest BCUT2D eigenvalue weighted by Crippen LogP contribution is 2.34. The number of nitro groups is 1. The van der Waals surface area contributed by atoms with E-state index >= 15 is 0 Å². The molecule has 0 unspecified atom stereocenters. The summed E-state index contributed by atoms with van der Waals surface area (Å²) in [6, 6.07) is 18.9. The van der Waals surface area contributed by atoms with Gasteiger partial charge in [0.05, 0.1) is 37.0 Å². The van der Waals surface area contributed by atoms with Crippen LogP contribution >= 0.6 is 0 Å². The molecule has 4 aromatic rings. The zero-order valence-corrected chi connectivity index (χ0v) is 18.9. The lowest BCUT2D eigenvalue weighted by molar-refractivity contribution is -0.385. The number of nitro benzene ring substituents is 1. The molecule has 0 aliphatic carbocycles. The Morgan fingerprint density at radius 2 is 1.80 bits per heavy atom. The average Bonchev–Trinajstić information content (AvgIpc) is 3.32. The van der Waals surface area contributed by atoms with E-state index in [1.807, 2.05) is 30.3 Å². The minimum absolute atomic E-state index is 0.0124. The Bertz CT molecular complexity index is 1400. The number of hydrogen-bond donors (Lipinski definition) is 1. The standard InChI is InChI=1S/C25H21N3O7/c1-32-20-10-6-9-17-11-23(35-24(17)20)25(29)27-26-14-18-12-21(33-2)22(13-19(18)28(30)31)34-15-16-7-4-3-5-8-16/h3-14H,15H2,1-2H3,(H,27,29)/b26-14-. The van der Waals surface area contributed by atoms with Gasteiger partial charge in [0.25, 0.3) is 5.69 Å². The summed E-state index contributed by atoms with van der Waals surface area (Å²) in [6.45, 7) is 0.208. The molecule has 0 radical (unpaired) electrons. The number of ether oxygens (including phenoxy) is 3. The van der Waals surface area contributed by atoms with Crippen molar-refractivity contribution in [1.82, 2.24) is 5.43 Å². The molecule has 1 aromatic heterocycles. The number of carbonyl (C=O) groups is 1. The number of methoxy groups -OCH3 is 2. The molecule has 10 nitrogen and oxygen atoms in total. The maximum absolute atomic E-state index is 12.5. The van der Waals surface area contributed by atoms with Crippen molar-refractivity contribution in [3.63, 3.8) is 0 Å². The Balaban J connectivity index is 1.53. The van der Waals surface area contributed by atoms with Crippen molar-refractivity contribution >= 4 is 28.8 Å². The van der Waals surface area contributed by atoms with E-state index in [9.17, 15) is 14.9 Å². The SMILES string of the molecule is COc1cc(/C=N\NC(=O)c2cc3cccc(OC)c3o2)c([N+](=O)[O-])cc1OCc1ccccc1. The molecule has 1 amide bonds. The van der Waals surface area contributed by atoms with Crippen LogP contribution in [-0.2, 0) is 6.61 Å². The van der Waals surface area contributed by atoms with Crippen molar-refractivity contribution in [2.75, 3.05) is 14.2 Å². The number of hydrazone groups is 1. The van der Waals surface area contributed by atoms with Crippen LogP contribution in [0, 0.1) is 10.1 Å². The van der Waals surface area contributed by atoms with E-state index in [0.717, 1.165) is 11.8 Å². The molecule has 0 saturated carbocycles. The Kier molecular flexibility index (Phi) is 6.91. The van der Waals surface area contributed by atoms with Crippen molar-refractivity contribution in [3.8, 4) is 17.2 Å². The van der Waals surface area contributed by atoms with Crippen LogP contribution in [0.15, 0.2) is 76.2 Å². The first-order valence-electron chi connectivity index (χ1n) is 10.4. The molecule has 10 heteroatoms. The lowest BCUT2D eigenvalue weighted by Gasteiger charge is -2.12. The number of carbonyl (C=O) groups excluding carboxylic acids is 1. The summed E-state index contributed by atoms with van der Waals surface area (Å²) in [5, 5.41) is 16.2. The molecule has 0 aliphatic rings. The zero-order chi connectivity index (χ0) is 24.8. The van der Waals surface area contributed by atoms with Crippen molar-refractivity contribution in [1.29, 1.82) is 0 Å². The van der Waals surface area contributed by atoms with E-state index in [0.29, 0.717) is 16.7 Å². The third-order valence-corrected chi connectivity index (χ3v) is 5.07. The minimum atomic E-state index is -0.628. The summed E-state index contributed by atoms with van der Waals surface area (Å²) >= 11 is 0. The monoisotopic (exact) mass is 475 g/mol. The molecular formula is C25H21N3O7. The molecular weight excluding hydrogens is 454 g/mol. The minimum Gasteiger partial charge on any atom is -0.493 e. The van der Waals surface area contributed by atoms with Crippen LogP contribution < -0.4 is 19.6 Å². The first-order valence-corrected chi connectivity index (χ1v) is 10.4. The fourth-order valence-corrected chi connectivity index (χ4v) is 3.36. The molecule has 1 heterocycles. The molecule has 3 aromatic carbocycles. The number of amides is 1. The largest absolute Gasteiger partial charge is 0.493 e. The molecule has 0 saturated heterocycles.